The van der Waals surface area contributed by atoms with Crippen molar-refractivity contribution in [3.63, 3.8) is 0 Å². The maximum Gasteiger partial charge on any atom is 0.222 e. The van der Waals surface area contributed by atoms with E-state index in [1.807, 2.05) is 37.4 Å². The summed E-state index contributed by atoms with van der Waals surface area (Å²) in [7, 11) is 1.85. The molecule has 1 aromatic heterocycles. The number of aromatic nitrogens is 2. The smallest absolute Gasteiger partial charge is 0.222 e. The highest BCUT2D eigenvalue weighted by Crippen LogP contribution is 2.36. The summed E-state index contributed by atoms with van der Waals surface area (Å²) < 4.78 is 21.7. The molecule has 1 unspecified atom stereocenters. The molecule has 0 saturated heterocycles. The fraction of sp³-hybridized carbons (Fsp3) is 0.423. The highest BCUT2D eigenvalue weighted by Gasteiger charge is 2.28. The topological polar surface area (TPSA) is 50.5 Å². The van der Waals surface area contributed by atoms with Gasteiger partial charge >= 0.3 is 0 Å². The number of halogens is 1. The molecule has 0 amide bonds. The molecule has 0 spiro atoms. The Morgan fingerprint density at radius 2 is 1.97 bits per heavy atom. The largest absolute Gasteiger partial charge is 0.439 e. The van der Waals surface area contributed by atoms with Crippen molar-refractivity contribution in [3.8, 4) is 22.9 Å². The normalized spacial score (nSPS) is 14.7. The number of aliphatic hydroxyl groups excluding tert-OH is 1. The fourth-order valence-electron chi connectivity index (χ4n) is 4.11. The summed E-state index contributed by atoms with van der Waals surface area (Å²) in [5.74, 6) is 1.38. The first kappa shape index (κ1) is 22.5. The molecule has 0 radical (unpaired) electrons. The zero-order valence-electron chi connectivity index (χ0n) is 18.9. The van der Waals surface area contributed by atoms with Crippen molar-refractivity contribution in [3.05, 3.63) is 66.0 Å². The zero-order chi connectivity index (χ0) is 22.5. The lowest BCUT2D eigenvalue weighted by Gasteiger charge is -2.25. The molecule has 1 N–H and O–H groups in total. The van der Waals surface area contributed by atoms with Crippen LogP contribution in [0.25, 0.3) is 11.3 Å². The molecule has 5 nitrogen and oxygen atoms in total. The molecule has 0 aliphatic heterocycles. The molecule has 1 heterocycles. The van der Waals surface area contributed by atoms with Crippen molar-refractivity contribution in [1.29, 1.82) is 0 Å². The van der Waals surface area contributed by atoms with Gasteiger partial charge in [-0.1, -0.05) is 49.7 Å². The van der Waals surface area contributed by atoms with Gasteiger partial charge < -0.3 is 9.84 Å². The van der Waals surface area contributed by atoms with Gasteiger partial charge in [0.1, 0.15) is 17.3 Å². The average molecular weight is 438 g/mol. The van der Waals surface area contributed by atoms with Crippen molar-refractivity contribution in [2.75, 3.05) is 13.1 Å². The third-order valence-electron chi connectivity index (χ3n) is 5.83. The van der Waals surface area contributed by atoms with Crippen LogP contribution in [0.1, 0.15) is 38.2 Å². The van der Waals surface area contributed by atoms with Crippen LogP contribution in [0.4, 0.5) is 4.39 Å². The lowest BCUT2D eigenvalue weighted by molar-refractivity contribution is 0.0979. The van der Waals surface area contributed by atoms with Gasteiger partial charge in [-0.25, -0.2) is 9.07 Å². The Labute approximate surface area is 189 Å². The molecule has 170 valence electrons. The summed E-state index contributed by atoms with van der Waals surface area (Å²) in [5, 5.41) is 15.3. The van der Waals surface area contributed by atoms with Crippen LogP contribution in [0.15, 0.2) is 54.6 Å². The number of hydrogen-bond donors (Lipinski definition) is 1. The SMILES string of the molecule is CCCC(O)CN(Cc1c(-c2ccccc2)nn(C)c1Oc1cccc(F)c1)CC1CC1. The molecule has 1 fully saturated rings. The van der Waals surface area contributed by atoms with Gasteiger partial charge in [-0.05, 0) is 37.3 Å². The highest BCUT2D eigenvalue weighted by atomic mass is 19.1. The molecule has 1 saturated carbocycles. The first-order valence-electron chi connectivity index (χ1n) is 11.5. The van der Waals surface area contributed by atoms with Crippen LogP contribution in [0.2, 0.25) is 0 Å². The number of aryl methyl sites for hydroxylation is 1. The summed E-state index contributed by atoms with van der Waals surface area (Å²) in [6.45, 7) is 4.27. The number of benzene rings is 2. The van der Waals surface area contributed by atoms with Crippen LogP contribution < -0.4 is 4.74 Å². The van der Waals surface area contributed by atoms with Crippen molar-refractivity contribution in [2.45, 2.75) is 45.3 Å². The van der Waals surface area contributed by atoms with E-state index in [0.29, 0.717) is 30.6 Å². The molecule has 2 aromatic carbocycles. The van der Waals surface area contributed by atoms with Crippen molar-refractivity contribution in [2.24, 2.45) is 13.0 Å². The minimum Gasteiger partial charge on any atom is -0.439 e. The van der Waals surface area contributed by atoms with E-state index in [9.17, 15) is 9.50 Å². The van der Waals surface area contributed by atoms with Gasteiger partial charge in [0.25, 0.3) is 0 Å². The van der Waals surface area contributed by atoms with Crippen molar-refractivity contribution < 1.29 is 14.2 Å². The van der Waals surface area contributed by atoms with Crippen LogP contribution >= 0.6 is 0 Å². The first-order valence-corrected chi connectivity index (χ1v) is 11.5. The van der Waals surface area contributed by atoms with E-state index >= 15 is 0 Å². The number of hydrogen-bond acceptors (Lipinski definition) is 4. The summed E-state index contributed by atoms with van der Waals surface area (Å²) in [4.78, 5) is 2.32. The molecule has 1 atom stereocenters. The van der Waals surface area contributed by atoms with Crippen LogP contribution in [0.3, 0.4) is 0 Å². The standard InChI is InChI=1S/C26H32FN3O2/c1-3-8-22(31)17-30(16-19-13-14-19)18-24-25(20-9-5-4-6-10-20)28-29(2)26(24)32-23-12-7-11-21(27)15-23/h4-7,9-12,15,19,22,31H,3,8,13-14,16-18H2,1-2H3. The van der Waals surface area contributed by atoms with Crippen LogP contribution in [0.5, 0.6) is 11.6 Å². The van der Waals surface area contributed by atoms with Gasteiger partial charge in [-0.15, -0.1) is 0 Å². The maximum atomic E-state index is 13.8. The summed E-state index contributed by atoms with van der Waals surface area (Å²) in [6.07, 6.45) is 3.86. The quantitative estimate of drug-likeness (QED) is 0.437. The average Bonchev–Trinajstić information content (AvgIpc) is 3.54. The highest BCUT2D eigenvalue weighted by molar-refractivity contribution is 5.65. The molecule has 3 aromatic rings. The summed E-state index contributed by atoms with van der Waals surface area (Å²) in [6, 6.07) is 16.2. The predicted octanol–water partition coefficient (Wildman–Crippen LogP) is 5.39. The van der Waals surface area contributed by atoms with Gasteiger partial charge in [-0.3, -0.25) is 4.90 Å². The molecular weight excluding hydrogens is 405 g/mol. The molecule has 0 bridgehead atoms. The second-order valence-corrected chi connectivity index (χ2v) is 8.76. The fourth-order valence-corrected chi connectivity index (χ4v) is 4.11. The third-order valence-corrected chi connectivity index (χ3v) is 5.83. The Bertz CT molecular complexity index is 1020. The Balaban J connectivity index is 1.69. The van der Waals surface area contributed by atoms with E-state index in [1.165, 1.54) is 25.0 Å². The summed E-state index contributed by atoms with van der Waals surface area (Å²) in [5.41, 5.74) is 2.81. The Kier molecular flexibility index (Phi) is 7.22. The minimum atomic E-state index is -0.358. The Hall–Kier alpha value is -2.70. The van der Waals surface area contributed by atoms with E-state index in [0.717, 1.165) is 36.2 Å². The Morgan fingerprint density at radius 3 is 2.66 bits per heavy atom. The third kappa shape index (κ3) is 5.75. The van der Waals surface area contributed by atoms with Crippen molar-refractivity contribution in [1.82, 2.24) is 14.7 Å². The van der Waals surface area contributed by atoms with Gasteiger partial charge in [0.2, 0.25) is 5.88 Å². The zero-order valence-corrected chi connectivity index (χ0v) is 18.9. The number of nitrogens with zero attached hydrogens (tertiary/aromatic N) is 3. The lowest BCUT2D eigenvalue weighted by Crippen LogP contribution is -2.33. The summed E-state index contributed by atoms with van der Waals surface area (Å²) >= 11 is 0. The van der Waals surface area contributed by atoms with E-state index < -0.39 is 0 Å². The molecule has 6 heteroatoms. The molecule has 1 aliphatic carbocycles. The van der Waals surface area contributed by atoms with E-state index in [4.69, 9.17) is 9.84 Å². The second-order valence-electron chi connectivity index (χ2n) is 8.76. The van der Waals surface area contributed by atoms with Gasteiger partial charge in [0.05, 0.1) is 11.7 Å². The lowest BCUT2D eigenvalue weighted by atomic mass is 10.1. The van der Waals surface area contributed by atoms with E-state index in [1.54, 1.807) is 16.8 Å². The van der Waals surface area contributed by atoms with Crippen LogP contribution in [-0.2, 0) is 13.6 Å². The van der Waals surface area contributed by atoms with Crippen LogP contribution in [-0.4, -0.2) is 39.0 Å². The van der Waals surface area contributed by atoms with Crippen molar-refractivity contribution >= 4 is 0 Å². The van der Waals surface area contributed by atoms with Crippen LogP contribution in [0, 0.1) is 11.7 Å². The molecular formula is C26H32FN3O2. The van der Waals surface area contributed by atoms with Gasteiger partial charge in [0.15, 0.2) is 0 Å². The van der Waals surface area contributed by atoms with Gasteiger partial charge in [-0.2, -0.15) is 5.10 Å². The number of rotatable bonds is 11. The van der Waals surface area contributed by atoms with E-state index in [2.05, 4.69) is 11.8 Å². The minimum absolute atomic E-state index is 0.340. The monoisotopic (exact) mass is 437 g/mol. The second kappa shape index (κ2) is 10.3. The maximum absolute atomic E-state index is 13.8. The molecule has 4 rings (SSSR count). The number of aliphatic hydroxyl groups is 1. The molecule has 1 aliphatic rings. The first-order chi connectivity index (χ1) is 15.5. The van der Waals surface area contributed by atoms with Gasteiger partial charge in [0, 0.05) is 38.3 Å². The predicted molar refractivity (Wildman–Crippen MR) is 124 cm³/mol. The molecule has 32 heavy (non-hydrogen) atoms. The Morgan fingerprint density at radius 1 is 1.19 bits per heavy atom. The number of ether oxygens (including phenoxy) is 1. The van der Waals surface area contributed by atoms with E-state index in [-0.39, 0.29) is 11.9 Å².